The zero-order valence-electron chi connectivity index (χ0n) is 5.52. The second kappa shape index (κ2) is 2.51. The molecule has 0 aliphatic heterocycles. The van der Waals surface area contributed by atoms with Crippen LogP contribution in [0.5, 0.6) is 0 Å². The number of allylic oxidation sites excluding steroid dienone is 2. The molecule has 1 rings (SSSR count). The first-order valence-corrected chi connectivity index (χ1v) is 3.84. The molecular formula is C5F7I. The second-order valence-electron chi connectivity index (χ2n) is 2.35. The summed E-state index contributed by atoms with van der Waals surface area (Å²) < 4.78 is 83.8. The largest absolute Gasteiger partial charge is 0.383 e. The van der Waals surface area contributed by atoms with E-state index in [9.17, 15) is 30.7 Å². The zero-order valence-corrected chi connectivity index (χ0v) is 7.68. The number of halogens is 8. The molecule has 0 aromatic carbocycles. The van der Waals surface area contributed by atoms with Crippen LogP contribution in [0.1, 0.15) is 0 Å². The van der Waals surface area contributed by atoms with Gasteiger partial charge in [-0.2, -0.15) is 26.3 Å². The van der Waals surface area contributed by atoms with Gasteiger partial charge in [0.05, 0.1) is 0 Å². The van der Waals surface area contributed by atoms with E-state index in [0.717, 1.165) is 0 Å². The lowest BCUT2D eigenvalue weighted by molar-refractivity contribution is -0.266. The molecule has 76 valence electrons. The van der Waals surface area contributed by atoms with Crippen LogP contribution >= 0.6 is 22.6 Å². The van der Waals surface area contributed by atoms with Gasteiger partial charge in [0.1, 0.15) is 3.58 Å². The highest BCUT2D eigenvalue weighted by Gasteiger charge is 2.80. The van der Waals surface area contributed by atoms with Crippen molar-refractivity contribution in [3.8, 4) is 0 Å². The first-order valence-electron chi connectivity index (χ1n) is 2.76. The lowest BCUT2D eigenvalue weighted by Gasteiger charge is -2.23. The van der Waals surface area contributed by atoms with E-state index >= 15 is 0 Å². The van der Waals surface area contributed by atoms with Crippen molar-refractivity contribution < 1.29 is 30.7 Å². The molecule has 1 aliphatic carbocycles. The van der Waals surface area contributed by atoms with Gasteiger partial charge in [-0.05, 0) is 22.6 Å². The van der Waals surface area contributed by atoms with E-state index in [1.165, 1.54) is 0 Å². The smallest absolute Gasteiger partial charge is 0.204 e. The maximum absolute atomic E-state index is 12.3. The SMILES string of the molecule is FC1=C(I)C(F)(F)C(F)(F)C1(F)F. The fourth-order valence-corrected chi connectivity index (χ4v) is 1.43. The summed E-state index contributed by atoms with van der Waals surface area (Å²) in [6.45, 7) is 0. The lowest BCUT2D eigenvalue weighted by Crippen LogP contribution is -2.48. The monoisotopic (exact) mass is 320 g/mol. The number of alkyl halides is 6. The van der Waals surface area contributed by atoms with Gasteiger partial charge < -0.3 is 0 Å². The van der Waals surface area contributed by atoms with Gasteiger partial charge in [-0.3, -0.25) is 0 Å². The van der Waals surface area contributed by atoms with Gasteiger partial charge >= 0.3 is 17.8 Å². The van der Waals surface area contributed by atoms with Gasteiger partial charge in [-0.25, -0.2) is 4.39 Å². The Morgan fingerprint density at radius 1 is 0.846 bits per heavy atom. The lowest BCUT2D eigenvalue weighted by atomic mass is 10.2. The summed E-state index contributed by atoms with van der Waals surface area (Å²) in [5, 5.41) is 0. The van der Waals surface area contributed by atoms with Gasteiger partial charge in [0, 0.05) is 0 Å². The Morgan fingerprint density at radius 2 is 1.23 bits per heavy atom. The maximum Gasteiger partial charge on any atom is 0.383 e. The van der Waals surface area contributed by atoms with Gasteiger partial charge in [0.25, 0.3) is 0 Å². The first kappa shape index (κ1) is 11.1. The van der Waals surface area contributed by atoms with Crippen LogP contribution in [-0.2, 0) is 0 Å². The Bertz CT molecular complexity index is 253. The van der Waals surface area contributed by atoms with Crippen molar-refractivity contribution in [3.63, 3.8) is 0 Å². The number of rotatable bonds is 0. The molecule has 0 nitrogen and oxygen atoms in total. The molecule has 0 atom stereocenters. The molecule has 0 saturated heterocycles. The van der Waals surface area contributed by atoms with Crippen LogP contribution < -0.4 is 0 Å². The molecule has 0 unspecified atom stereocenters. The summed E-state index contributed by atoms with van der Waals surface area (Å²) in [5.74, 6) is -19.0. The van der Waals surface area contributed by atoms with Crippen molar-refractivity contribution in [2.24, 2.45) is 0 Å². The highest BCUT2D eigenvalue weighted by Crippen LogP contribution is 2.61. The van der Waals surface area contributed by atoms with Crippen molar-refractivity contribution in [2.45, 2.75) is 17.8 Å². The molecule has 0 fully saturated rings. The van der Waals surface area contributed by atoms with E-state index in [4.69, 9.17) is 0 Å². The maximum atomic E-state index is 12.3. The Hall–Kier alpha value is -0.0200. The zero-order chi connectivity index (χ0) is 10.7. The molecule has 0 amide bonds. The van der Waals surface area contributed by atoms with Crippen LogP contribution in [0.15, 0.2) is 9.41 Å². The van der Waals surface area contributed by atoms with Crippen molar-refractivity contribution in [3.05, 3.63) is 9.41 Å². The Labute approximate surface area is 80.9 Å². The van der Waals surface area contributed by atoms with Crippen LogP contribution in [0.25, 0.3) is 0 Å². The molecule has 0 N–H and O–H groups in total. The molecule has 0 radical (unpaired) electrons. The van der Waals surface area contributed by atoms with Crippen molar-refractivity contribution in [2.75, 3.05) is 0 Å². The predicted octanol–water partition coefficient (Wildman–Crippen LogP) is 3.52. The molecule has 0 aromatic rings. The van der Waals surface area contributed by atoms with Crippen LogP contribution in [0.4, 0.5) is 30.7 Å². The third-order valence-corrected chi connectivity index (χ3v) is 2.68. The summed E-state index contributed by atoms with van der Waals surface area (Å²) in [6, 6.07) is 0. The van der Waals surface area contributed by atoms with Crippen molar-refractivity contribution in [1.82, 2.24) is 0 Å². The van der Waals surface area contributed by atoms with Gasteiger partial charge in [-0.1, -0.05) is 0 Å². The fourth-order valence-electron chi connectivity index (χ4n) is 0.749. The normalized spacial score (nSPS) is 29.5. The van der Waals surface area contributed by atoms with E-state index in [1.54, 1.807) is 0 Å². The molecular weight excluding hydrogens is 320 g/mol. The van der Waals surface area contributed by atoms with Gasteiger partial charge in [0.15, 0.2) is 5.83 Å². The summed E-state index contributed by atoms with van der Waals surface area (Å²) in [7, 11) is 0. The second-order valence-corrected chi connectivity index (χ2v) is 3.43. The highest BCUT2D eigenvalue weighted by atomic mass is 127. The Balaban J connectivity index is 3.39. The minimum atomic E-state index is -5.69. The van der Waals surface area contributed by atoms with Crippen molar-refractivity contribution >= 4 is 22.6 Å². The van der Waals surface area contributed by atoms with E-state index in [2.05, 4.69) is 0 Å². The first-order chi connectivity index (χ1) is 5.57. The molecule has 0 bridgehead atoms. The molecule has 0 spiro atoms. The van der Waals surface area contributed by atoms with Crippen LogP contribution in [-0.4, -0.2) is 17.8 Å². The quantitative estimate of drug-likeness (QED) is 0.473. The third kappa shape index (κ3) is 1.03. The van der Waals surface area contributed by atoms with Crippen LogP contribution in [0.3, 0.4) is 0 Å². The average Bonchev–Trinajstić information content (AvgIpc) is 2.05. The number of hydrogen-bond acceptors (Lipinski definition) is 0. The van der Waals surface area contributed by atoms with Crippen LogP contribution in [0, 0.1) is 0 Å². The van der Waals surface area contributed by atoms with E-state index < -0.39 is 27.2 Å². The Morgan fingerprint density at radius 3 is 1.31 bits per heavy atom. The molecule has 8 heteroatoms. The summed E-state index contributed by atoms with van der Waals surface area (Å²) >= 11 is 0.446. The highest BCUT2D eigenvalue weighted by molar-refractivity contribution is 14.1. The molecule has 0 aromatic heterocycles. The molecule has 0 saturated carbocycles. The van der Waals surface area contributed by atoms with Crippen molar-refractivity contribution in [1.29, 1.82) is 0 Å². The van der Waals surface area contributed by atoms with Gasteiger partial charge in [-0.15, -0.1) is 0 Å². The molecule has 1 aliphatic rings. The standard InChI is InChI=1S/C5F7I/c6-1-2(13)4(9,10)5(11,12)3(1,7)8. The third-order valence-electron chi connectivity index (χ3n) is 1.53. The minimum Gasteiger partial charge on any atom is -0.204 e. The average molecular weight is 320 g/mol. The fraction of sp³-hybridized carbons (Fsp3) is 0.600. The number of hydrogen-bond donors (Lipinski definition) is 0. The summed E-state index contributed by atoms with van der Waals surface area (Å²) in [4.78, 5) is 0. The molecule has 13 heavy (non-hydrogen) atoms. The van der Waals surface area contributed by atoms with Crippen LogP contribution in [0.2, 0.25) is 0 Å². The topological polar surface area (TPSA) is 0 Å². The van der Waals surface area contributed by atoms with E-state index in [0.29, 0.717) is 22.6 Å². The Kier molecular flexibility index (Phi) is 2.14. The predicted molar refractivity (Wildman–Crippen MR) is 37.0 cm³/mol. The minimum absolute atomic E-state index is 0.446. The summed E-state index contributed by atoms with van der Waals surface area (Å²) in [5.41, 5.74) is 0. The van der Waals surface area contributed by atoms with E-state index in [1.807, 2.05) is 0 Å². The van der Waals surface area contributed by atoms with E-state index in [-0.39, 0.29) is 0 Å². The van der Waals surface area contributed by atoms with Gasteiger partial charge in [0.2, 0.25) is 0 Å². The molecule has 0 heterocycles. The summed E-state index contributed by atoms with van der Waals surface area (Å²) in [6.07, 6.45) is 0.